The largest absolute Gasteiger partial charge is 0.401 e. The van der Waals surface area contributed by atoms with Gasteiger partial charge in [-0.1, -0.05) is 0 Å². The molecule has 1 heterocycles. The maximum atomic E-state index is 12.3. The molecular formula is C18H36F3IN4O2. The minimum Gasteiger partial charge on any atom is -0.381 e. The zero-order valence-corrected chi connectivity index (χ0v) is 19.4. The molecule has 1 aliphatic rings. The third kappa shape index (κ3) is 15.6. The number of halogens is 4. The number of rotatable bonds is 12. The molecule has 0 atom stereocenters. The number of ether oxygens (including phenoxy) is 2. The number of nitrogens with one attached hydrogen (secondary N) is 2. The van der Waals surface area contributed by atoms with E-state index >= 15 is 0 Å². The fourth-order valence-electron chi connectivity index (χ4n) is 2.80. The molecule has 0 radical (unpaired) electrons. The molecule has 28 heavy (non-hydrogen) atoms. The number of alkyl halides is 3. The fraction of sp³-hybridized carbons (Fsp3) is 0.944. The lowest BCUT2D eigenvalue weighted by Gasteiger charge is -2.21. The first-order valence-corrected chi connectivity index (χ1v) is 9.83. The van der Waals surface area contributed by atoms with Gasteiger partial charge in [0.2, 0.25) is 0 Å². The Kier molecular flexibility index (Phi) is 16.3. The Morgan fingerprint density at radius 3 is 2.57 bits per heavy atom. The van der Waals surface area contributed by atoms with Crippen LogP contribution in [0.4, 0.5) is 13.2 Å². The predicted octanol–water partition coefficient (Wildman–Crippen LogP) is 2.88. The molecule has 1 aliphatic heterocycles. The first kappa shape index (κ1) is 27.7. The highest BCUT2D eigenvalue weighted by atomic mass is 127. The number of hydrogen-bond donors (Lipinski definition) is 2. The molecule has 10 heteroatoms. The van der Waals surface area contributed by atoms with Crippen molar-refractivity contribution in [3.05, 3.63) is 0 Å². The number of hydrogen-bond acceptors (Lipinski definition) is 4. The zero-order valence-electron chi connectivity index (χ0n) is 17.0. The van der Waals surface area contributed by atoms with Crippen molar-refractivity contribution in [3.63, 3.8) is 0 Å². The van der Waals surface area contributed by atoms with Crippen LogP contribution < -0.4 is 10.6 Å². The molecule has 6 nitrogen and oxygen atoms in total. The zero-order chi connectivity index (χ0) is 20.0. The van der Waals surface area contributed by atoms with E-state index in [4.69, 9.17) is 9.47 Å². The van der Waals surface area contributed by atoms with Crippen LogP contribution in [0.2, 0.25) is 0 Å². The van der Waals surface area contributed by atoms with Crippen LogP contribution in [0.1, 0.15) is 32.6 Å². The average molecular weight is 524 g/mol. The van der Waals surface area contributed by atoms with Gasteiger partial charge in [0.15, 0.2) is 5.96 Å². The van der Waals surface area contributed by atoms with Gasteiger partial charge in [-0.15, -0.1) is 24.0 Å². The maximum Gasteiger partial charge on any atom is 0.401 e. The summed E-state index contributed by atoms with van der Waals surface area (Å²) in [5.41, 5.74) is 0. The molecule has 0 aromatic rings. The molecule has 0 aromatic heterocycles. The van der Waals surface area contributed by atoms with E-state index in [1.807, 2.05) is 6.92 Å². The predicted molar refractivity (Wildman–Crippen MR) is 117 cm³/mol. The summed E-state index contributed by atoms with van der Waals surface area (Å²) in [5.74, 6) is 1.30. The van der Waals surface area contributed by atoms with Gasteiger partial charge >= 0.3 is 6.18 Å². The molecule has 1 fully saturated rings. The van der Waals surface area contributed by atoms with Gasteiger partial charge in [-0.2, -0.15) is 13.2 Å². The Hall–Kier alpha value is -0.330. The first-order valence-electron chi connectivity index (χ1n) is 9.83. The molecule has 0 aliphatic carbocycles. The minimum atomic E-state index is -4.15. The minimum absolute atomic E-state index is 0. The Morgan fingerprint density at radius 2 is 1.93 bits per heavy atom. The summed E-state index contributed by atoms with van der Waals surface area (Å²) in [6, 6.07) is 0. The second-order valence-corrected chi connectivity index (χ2v) is 6.88. The van der Waals surface area contributed by atoms with Gasteiger partial charge in [0.1, 0.15) is 0 Å². The summed E-state index contributed by atoms with van der Waals surface area (Å²) in [7, 11) is 1.48. The van der Waals surface area contributed by atoms with Crippen LogP contribution in [-0.4, -0.2) is 83.2 Å². The molecule has 0 aromatic carbocycles. The van der Waals surface area contributed by atoms with Gasteiger partial charge in [-0.3, -0.25) is 9.89 Å². The molecule has 0 saturated carbocycles. The lowest BCUT2D eigenvalue weighted by molar-refractivity contribution is -0.143. The highest BCUT2D eigenvalue weighted by Gasteiger charge is 2.28. The van der Waals surface area contributed by atoms with Gasteiger partial charge in [0.25, 0.3) is 0 Å². The lowest BCUT2D eigenvalue weighted by Crippen LogP contribution is -2.39. The Bertz CT molecular complexity index is 409. The van der Waals surface area contributed by atoms with Crippen LogP contribution in [-0.2, 0) is 9.47 Å². The summed E-state index contributed by atoms with van der Waals surface area (Å²) in [6.45, 7) is 6.58. The van der Waals surface area contributed by atoms with Crippen LogP contribution in [0.25, 0.3) is 0 Å². The summed E-state index contributed by atoms with van der Waals surface area (Å²) in [4.78, 5) is 5.75. The van der Waals surface area contributed by atoms with Crippen LogP contribution in [0.15, 0.2) is 4.99 Å². The van der Waals surface area contributed by atoms with Gasteiger partial charge < -0.3 is 20.1 Å². The number of nitrogens with zero attached hydrogens (tertiary/aromatic N) is 2. The molecule has 168 valence electrons. The summed E-state index contributed by atoms with van der Waals surface area (Å²) < 4.78 is 47.9. The van der Waals surface area contributed by atoms with Gasteiger partial charge in [-0.25, -0.2) is 0 Å². The maximum absolute atomic E-state index is 12.3. The molecule has 1 saturated heterocycles. The van der Waals surface area contributed by atoms with Crippen molar-refractivity contribution in [1.82, 2.24) is 15.5 Å². The first-order chi connectivity index (χ1) is 12.9. The van der Waals surface area contributed by atoms with E-state index in [-0.39, 0.29) is 24.0 Å². The summed E-state index contributed by atoms with van der Waals surface area (Å²) >= 11 is 0. The quantitative estimate of drug-likeness (QED) is 0.178. The van der Waals surface area contributed by atoms with Crippen molar-refractivity contribution >= 4 is 29.9 Å². The summed E-state index contributed by atoms with van der Waals surface area (Å²) in [5, 5.41) is 6.30. The molecule has 0 amide bonds. The second-order valence-electron chi connectivity index (χ2n) is 6.88. The van der Waals surface area contributed by atoms with E-state index in [2.05, 4.69) is 15.6 Å². The standard InChI is InChI=1S/C18H35F3N4O2.HI/c1-3-22-17(23-8-4-10-25(2)15-18(19,20)21)24-9-5-11-27-14-16-6-12-26-13-7-16;/h16H,3-15H2,1-2H3,(H2,22,23,24);1H. The third-order valence-electron chi connectivity index (χ3n) is 4.21. The van der Waals surface area contributed by atoms with E-state index in [9.17, 15) is 13.2 Å². The van der Waals surface area contributed by atoms with Crippen molar-refractivity contribution in [2.45, 2.75) is 38.8 Å². The molecule has 0 spiro atoms. The lowest BCUT2D eigenvalue weighted by atomic mass is 10.0. The van der Waals surface area contributed by atoms with Crippen LogP contribution >= 0.6 is 24.0 Å². The van der Waals surface area contributed by atoms with Crippen LogP contribution in [0, 0.1) is 5.92 Å². The highest BCUT2D eigenvalue weighted by Crippen LogP contribution is 2.15. The SMILES string of the molecule is CCNC(=NCCCOCC1CCOCC1)NCCCN(C)CC(F)(F)F.I. The molecule has 1 rings (SSSR count). The van der Waals surface area contributed by atoms with Crippen molar-refractivity contribution < 1.29 is 22.6 Å². The third-order valence-corrected chi connectivity index (χ3v) is 4.21. The Morgan fingerprint density at radius 1 is 1.21 bits per heavy atom. The molecule has 0 unspecified atom stereocenters. The second kappa shape index (κ2) is 16.5. The van der Waals surface area contributed by atoms with Crippen molar-refractivity contribution in [2.24, 2.45) is 10.9 Å². The van der Waals surface area contributed by atoms with E-state index in [0.29, 0.717) is 44.5 Å². The summed E-state index contributed by atoms with van der Waals surface area (Å²) in [6.07, 6.45) is -0.541. The van der Waals surface area contributed by atoms with Crippen LogP contribution in [0.5, 0.6) is 0 Å². The van der Waals surface area contributed by atoms with E-state index in [1.54, 1.807) is 0 Å². The van der Waals surface area contributed by atoms with Crippen molar-refractivity contribution in [1.29, 1.82) is 0 Å². The van der Waals surface area contributed by atoms with Crippen molar-refractivity contribution in [3.8, 4) is 0 Å². The Labute approximate surface area is 184 Å². The van der Waals surface area contributed by atoms with E-state index < -0.39 is 12.7 Å². The van der Waals surface area contributed by atoms with Gasteiger partial charge in [0, 0.05) is 46.1 Å². The van der Waals surface area contributed by atoms with Gasteiger partial charge in [0.05, 0.1) is 6.54 Å². The van der Waals surface area contributed by atoms with Gasteiger partial charge in [-0.05, 0) is 52.1 Å². The monoisotopic (exact) mass is 524 g/mol. The van der Waals surface area contributed by atoms with Crippen molar-refractivity contribution in [2.75, 3.05) is 66.2 Å². The van der Waals surface area contributed by atoms with Crippen LogP contribution in [0.3, 0.4) is 0 Å². The van der Waals surface area contributed by atoms with E-state index in [1.165, 1.54) is 11.9 Å². The topological polar surface area (TPSA) is 58.1 Å². The molecule has 2 N–H and O–H groups in total. The normalized spacial score (nSPS) is 16.1. The fourth-order valence-corrected chi connectivity index (χ4v) is 2.80. The average Bonchev–Trinajstić information content (AvgIpc) is 2.61. The number of guanidine groups is 1. The van der Waals surface area contributed by atoms with E-state index in [0.717, 1.165) is 45.6 Å². The number of aliphatic imine (C=N–C) groups is 1. The highest BCUT2D eigenvalue weighted by molar-refractivity contribution is 14.0. The smallest absolute Gasteiger partial charge is 0.381 e. The molecular weight excluding hydrogens is 488 g/mol. The molecule has 0 bridgehead atoms. The Balaban J connectivity index is 0.00000729.